The van der Waals surface area contributed by atoms with Crippen LogP contribution in [0.1, 0.15) is 24.8 Å². The topological polar surface area (TPSA) is 54.9 Å². The summed E-state index contributed by atoms with van der Waals surface area (Å²) in [6.45, 7) is 0.771. The van der Waals surface area contributed by atoms with Gasteiger partial charge in [-0.3, -0.25) is 4.99 Å². The lowest BCUT2D eigenvalue weighted by Gasteiger charge is -2.22. The van der Waals surface area contributed by atoms with Crippen LogP contribution in [0.25, 0.3) is 0 Å². The highest BCUT2D eigenvalue weighted by atomic mass is 35.5. The van der Waals surface area contributed by atoms with E-state index in [1.807, 2.05) is 18.2 Å². The summed E-state index contributed by atoms with van der Waals surface area (Å²) < 4.78 is 11.0. The molecule has 1 aromatic rings. The molecule has 0 saturated carbocycles. The lowest BCUT2D eigenvalue weighted by Crippen LogP contribution is -2.47. The van der Waals surface area contributed by atoms with E-state index >= 15 is 0 Å². The van der Waals surface area contributed by atoms with Crippen LogP contribution < -0.4 is 15.4 Å². The number of halogens is 1. The average molecular weight is 338 g/mol. The Hall–Kier alpha value is -1.46. The van der Waals surface area contributed by atoms with E-state index in [2.05, 4.69) is 15.6 Å². The van der Waals surface area contributed by atoms with E-state index < -0.39 is 0 Å². The molecule has 2 N–H and O–H groups in total. The normalized spacial score (nSPS) is 26.4. The van der Waals surface area contributed by atoms with Crippen molar-refractivity contribution in [2.75, 3.05) is 20.7 Å². The van der Waals surface area contributed by atoms with Gasteiger partial charge in [0.25, 0.3) is 0 Å². The van der Waals surface area contributed by atoms with E-state index in [4.69, 9.17) is 21.1 Å². The number of nitrogens with one attached hydrogen (secondary N) is 2. The molecule has 0 amide bonds. The minimum Gasteiger partial charge on any atom is -0.497 e. The molecule has 2 saturated heterocycles. The molecule has 23 heavy (non-hydrogen) atoms. The number of fused-ring (bicyclic) bond motifs is 2. The number of aliphatic imine (C=N–C) groups is 1. The van der Waals surface area contributed by atoms with Crippen LogP contribution in [0, 0.1) is 0 Å². The number of hydrogen-bond acceptors (Lipinski definition) is 3. The predicted octanol–water partition coefficient (Wildman–Crippen LogP) is 2.38. The zero-order valence-electron chi connectivity index (χ0n) is 13.6. The third-order valence-electron chi connectivity index (χ3n) is 4.60. The molecule has 3 rings (SSSR count). The van der Waals surface area contributed by atoms with Gasteiger partial charge in [0.1, 0.15) is 5.75 Å². The van der Waals surface area contributed by atoms with E-state index in [1.54, 1.807) is 14.2 Å². The molecule has 3 atom stereocenters. The number of rotatable bonds is 5. The molecule has 3 unspecified atom stereocenters. The molecular formula is C17H24ClN3O2. The van der Waals surface area contributed by atoms with Crippen LogP contribution in [0.2, 0.25) is 5.02 Å². The van der Waals surface area contributed by atoms with Gasteiger partial charge in [0.05, 0.1) is 25.4 Å². The maximum atomic E-state index is 6.27. The van der Waals surface area contributed by atoms with Crippen molar-refractivity contribution in [1.82, 2.24) is 10.6 Å². The summed E-state index contributed by atoms with van der Waals surface area (Å²) in [6, 6.07) is 6.16. The monoisotopic (exact) mass is 337 g/mol. The molecule has 2 fully saturated rings. The van der Waals surface area contributed by atoms with E-state index in [-0.39, 0.29) is 0 Å². The van der Waals surface area contributed by atoms with Crippen LogP contribution in [-0.2, 0) is 11.2 Å². The lowest BCUT2D eigenvalue weighted by molar-refractivity contribution is 0.0992. The highest BCUT2D eigenvalue weighted by molar-refractivity contribution is 6.31. The molecule has 0 radical (unpaired) electrons. The second-order valence-electron chi connectivity index (χ2n) is 6.07. The fourth-order valence-electron chi connectivity index (χ4n) is 3.33. The van der Waals surface area contributed by atoms with Crippen LogP contribution in [0.4, 0.5) is 0 Å². The Morgan fingerprint density at radius 1 is 1.43 bits per heavy atom. The van der Waals surface area contributed by atoms with E-state index in [9.17, 15) is 0 Å². The van der Waals surface area contributed by atoms with Gasteiger partial charge in [-0.05, 0) is 43.4 Å². The number of nitrogens with zero attached hydrogens (tertiary/aromatic N) is 1. The highest BCUT2D eigenvalue weighted by Gasteiger charge is 2.41. The number of guanidine groups is 1. The van der Waals surface area contributed by atoms with Gasteiger partial charge in [0.2, 0.25) is 0 Å². The minimum atomic E-state index is 0.342. The fourth-order valence-corrected chi connectivity index (χ4v) is 3.60. The Labute approximate surface area is 142 Å². The first-order valence-corrected chi connectivity index (χ1v) is 8.52. The quantitative estimate of drug-likeness (QED) is 0.640. The van der Waals surface area contributed by atoms with Crippen molar-refractivity contribution in [2.45, 2.75) is 43.9 Å². The van der Waals surface area contributed by atoms with Crippen LogP contribution in [0.5, 0.6) is 5.75 Å². The van der Waals surface area contributed by atoms with Crippen molar-refractivity contribution >= 4 is 17.6 Å². The summed E-state index contributed by atoms with van der Waals surface area (Å²) in [4.78, 5) is 4.30. The van der Waals surface area contributed by atoms with Crippen molar-refractivity contribution in [3.05, 3.63) is 28.8 Å². The molecule has 0 aliphatic carbocycles. The number of hydrogen-bond donors (Lipinski definition) is 2. The molecular weight excluding hydrogens is 314 g/mol. The summed E-state index contributed by atoms with van der Waals surface area (Å²) in [7, 11) is 3.44. The Bertz CT molecular complexity index is 579. The lowest BCUT2D eigenvalue weighted by atomic mass is 9.96. The molecule has 0 aromatic heterocycles. The van der Waals surface area contributed by atoms with Crippen LogP contribution >= 0.6 is 11.6 Å². The highest BCUT2D eigenvalue weighted by Crippen LogP contribution is 2.34. The van der Waals surface area contributed by atoms with Crippen molar-refractivity contribution in [2.24, 2.45) is 4.99 Å². The third kappa shape index (κ3) is 3.90. The summed E-state index contributed by atoms with van der Waals surface area (Å²) in [5, 5.41) is 7.56. The number of ether oxygens (including phenoxy) is 2. The SMILES string of the molecule is CN=C(NCCc1ccc(OC)cc1Cl)NC1CC2CCC1O2. The average Bonchev–Trinajstić information content (AvgIpc) is 3.18. The van der Waals surface area contributed by atoms with Gasteiger partial charge in [0.15, 0.2) is 5.96 Å². The molecule has 2 aliphatic heterocycles. The van der Waals surface area contributed by atoms with E-state index in [0.29, 0.717) is 18.2 Å². The van der Waals surface area contributed by atoms with Crippen molar-refractivity contribution in [3.63, 3.8) is 0 Å². The molecule has 2 aliphatic rings. The number of methoxy groups -OCH3 is 1. The van der Waals surface area contributed by atoms with E-state index in [1.165, 1.54) is 6.42 Å². The predicted molar refractivity (Wildman–Crippen MR) is 92.5 cm³/mol. The maximum Gasteiger partial charge on any atom is 0.191 e. The Kier molecular flexibility index (Phi) is 5.28. The number of benzene rings is 1. The zero-order chi connectivity index (χ0) is 16.2. The second kappa shape index (κ2) is 7.41. The minimum absolute atomic E-state index is 0.342. The van der Waals surface area contributed by atoms with Crippen LogP contribution in [0.15, 0.2) is 23.2 Å². The van der Waals surface area contributed by atoms with Crippen molar-refractivity contribution in [3.8, 4) is 5.75 Å². The largest absolute Gasteiger partial charge is 0.497 e. The second-order valence-corrected chi connectivity index (χ2v) is 6.47. The van der Waals surface area contributed by atoms with Gasteiger partial charge >= 0.3 is 0 Å². The van der Waals surface area contributed by atoms with Gasteiger partial charge in [-0.2, -0.15) is 0 Å². The molecule has 5 nitrogen and oxygen atoms in total. The maximum absolute atomic E-state index is 6.27. The first-order valence-electron chi connectivity index (χ1n) is 8.14. The summed E-state index contributed by atoms with van der Waals surface area (Å²) >= 11 is 6.27. The van der Waals surface area contributed by atoms with Gasteiger partial charge in [-0.1, -0.05) is 17.7 Å². The molecule has 126 valence electrons. The van der Waals surface area contributed by atoms with Gasteiger partial charge in [-0.15, -0.1) is 0 Å². The zero-order valence-corrected chi connectivity index (χ0v) is 14.4. The fraction of sp³-hybridized carbons (Fsp3) is 0.588. The van der Waals surface area contributed by atoms with Gasteiger partial charge < -0.3 is 20.1 Å². The van der Waals surface area contributed by atoms with Crippen LogP contribution in [-0.4, -0.2) is 44.9 Å². The molecule has 2 heterocycles. The molecule has 0 spiro atoms. The van der Waals surface area contributed by atoms with Crippen molar-refractivity contribution < 1.29 is 9.47 Å². The first-order chi connectivity index (χ1) is 11.2. The standard InChI is InChI=1S/C17H24ClN3O2/c1-19-17(21-15-10-13-5-6-16(15)23-13)20-8-7-11-3-4-12(22-2)9-14(11)18/h3-4,9,13,15-16H,5-8,10H2,1-2H3,(H2,19,20,21). The Balaban J connectivity index is 1.47. The summed E-state index contributed by atoms with van der Waals surface area (Å²) in [6.07, 6.45) is 5.04. The van der Waals surface area contributed by atoms with Gasteiger partial charge in [-0.25, -0.2) is 0 Å². The summed E-state index contributed by atoms with van der Waals surface area (Å²) in [5.74, 6) is 1.61. The molecule has 6 heteroatoms. The van der Waals surface area contributed by atoms with Crippen molar-refractivity contribution in [1.29, 1.82) is 0 Å². The van der Waals surface area contributed by atoms with Gasteiger partial charge in [0, 0.05) is 18.6 Å². The van der Waals surface area contributed by atoms with Crippen LogP contribution in [0.3, 0.4) is 0 Å². The summed E-state index contributed by atoms with van der Waals surface area (Å²) in [5.41, 5.74) is 1.10. The Morgan fingerprint density at radius 2 is 2.30 bits per heavy atom. The molecule has 1 aromatic carbocycles. The third-order valence-corrected chi connectivity index (χ3v) is 4.95. The first kappa shape index (κ1) is 16.4. The van der Waals surface area contributed by atoms with E-state index in [0.717, 1.165) is 48.1 Å². The molecule has 2 bridgehead atoms. The smallest absolute Gasteiger partial charge is 0.191 e. The Morgan fingerprint density at radius 3 is 2.91 bits per heavy atom.